The van der Waals surface area contributed by atoms with Gasteiger partial charge in [0, 0.05) is 27.9 Å². The Kier molecular flexibility index (Phi) is 6.02. The quantitative estimate of drug-likeness (QED) is 0.449. The average Bonchev–Trinajstić information content (AvgIpc) is 2.59. The van der Waals surface area contributed by atoms with Gasteiger partial charge in [-0.1, -0.05) is 28.1 Å². The van der Waals surface area contributed by atoms with Gasteiger partial charge >= 0.3 is 0 Å². The Morgan fingerprint density at radius 1 is 1.25 bits per heavy atom. The number of hydrogen-bond donors (Lipinski definition) is 2. The molecule has 8 heteroatoms. The highest BCUT2D eigenvalue weighted by Crippen LogP contribution is 2.14. The van der Waals surface area contributed by atoms with Crippen LogP contribution in [-0.4, -0.2) is 23.1 Å². The highest BCUT2D eigenvalue weighted by atomic mass is 79.9. The Bertz CT molecular complexity index is 775. The molecule has 0 aromatic heterocycles. The Morgan fingerprint density at radius 3 is 2.62 bits per heavy atom. The number of nitro benzene ring substituents is 1. The van der Waals surface area contributed by atoms with Crippen LogP contribution < -0.4 is 10.7 Å². The van der Waals surface area contributed by atoms with E-state index in [1.807, 2.05) is 24.3 Å². The highest BCUT2D eigenvalue weighted by molar-refractivity contribution is 9.10. The zero-order chi connectivity index (χ0) is 17.5. The molecule has 0 aliphatic rings. The lowest BCUT2D eigenvalue weighted by molar-refractivity contribution is -0.384. The SMILES string of the molecule is C/C(=N/NC(=O)CNc1ccc(Br)cc1)c1cccc([N+](=O)[O-])c1. The molecule has 0 heterocycles. The predicted octanol–water partition coefficient (Wildman–Crippen LogP) is 3.31. The summed E-state index contributed by atoms with van der Waals surface area (Å²) in [6.45, 7) is 1.73. The summed E-state index contributed by atoms with van der Waals surface area (Å²) in [6.07, 6.45) is 0. The molecule has 0 aliphatic heterocycles. The molecule has 0 radical (unpaired) electrons. The van der Waals surface area contributed by atoms with E-state index in [0.29, 0.717) is 11.3 Å². The van der Waals surface area contributed by atoms with E-state index in [1.54, 1.807) is 19.1 Å². The van der Waals surface area contributed by atoms with E-state index in [-0.39, 0.29) is 18.1 Å². The normalized spacial score (nSPS) is 11.0. The maximum absolute atomic E-state index is 11.8. The number of amides is 1. The van der Waals surface area contributed by atoms with E-state index >= 15 is 0 Å². The Balaban J connectivity index is 1.91. The summed E-state index contributed by atoms with van der Waals surface area (Å²) < 4.78 is 0.953. The highest BCUT2D eigenvalue weighted by Gasteiger charge is 2.08. The Hall–Kier alpha value is -2.74. The number of anilines is 1. The molecule has 0 spiro atoms. The smallest absolute Gasteiger partial charge is 0.270 e. The number of rotatable bonds is 6. The molecule has 2 rings (SSSR count). The van der Waals surface area contributed by atoms with Crippen molar-refractivity contribution in [2.45, 2.75) is 6.92 Å². The van der Waals surface area contributed by atoms with Crippen LogP contribution in [0.15, 0.2) is 58.1 Å². The zero-order valence-electron chi connectivity index (χ0n) is 12.8. The number of carbonyl (C=O) groups is 1. The molecule has 0 fully saturated rings. The van der Waals surface area contributed by atoms with Crippen molar-refractivity contribution in [1.29, 1.82) is 0 Å². The fourth-order valence-electron chi connectivity index (χ4n) is 1.84. The van der Waals surface area contributed by atoms with E-state index in [2.05, 4.69) is 31.8 Å². The third kappa shape index (κ3) is 5.17. The molecule has 0 bridgehead atoms. The maximum atomic E-state index is 11.8. The summed E-state index contributed by atoms with van der Waals surface area (Å²) in [6, 6.07) is 13.5. The Morgan fingerprint density at radius 2 is 1.96 bits per heavy atom. The molecule has 2 aromatic carbocycles. The second-order valence-corrected chi connectivity index (χ2v) is 5.82. The lowest BCUT2D eigenvalue weighted by Gasteiger charge is -2.06. The van der Waals surface area contributed by atoms with Crippen molar-refractivity contribution in [3.63, 3.8) is 0 Å². The van der Waals surface area contributed by atoms with Crippen molar-refractivity contribution in [2.24, 2.45) is 5.10 Å². The average molecular weight is 391 g/mol. The second kappa shape index (κ2) is 8.21. The molecule has 1 amide bonds. The van der Waals surface area contributed by atoms with Crippen LogP contribution >= 0.6 is 15.9 Å². The van der Waals surface area contributed by atoms with Gasteiger partial charge in [0.1, 0.15) is 0 Å². The summed E-state index contributed by atoms with van der Waals surface area (Å²) in [5, 5.41) is 17.7. The summed E-state index contributed by atoms with van der Waals surface area (Å²) in [7, 11) is 0. The van der Waals surface area contributed by atoms with Gasteiger partial charge in [-0.2, -0.15) is 5.10 Å². The summed E-state index contributed by atoms with van der Waals surface area (Å²) in [4.78, 5) is 22.1. The molecule has 2 N–H and O–H groups in total. The van der Waals surface area contributed by atoms with Crippen LogP contribution in [0.2, 0.25) is 0 Å². The maximum Gasteiger partial charge on any atom is 0.270 e. The first-order valence-electron chi connectivity index (χ1n) is 7.03. The fourth-order valence-corrected chi connectivity index (χ4v) is 2.11. The van der Waals surface area contributed by atoms with Crippen LogP contribution in [-0.2, 0) is 4.79 Å². The molecule has 0 saturated heterocycles. The molecule has 0 aliphatic carbocycles. The first-order chi connectivity index (χ1) is 11.5. The molecule has 24 heavy (non-hydrogen) atoms. The largest absolute Gasteiger partial charge is 0.376 e. The van der Waals surface area contributed by atoms with E-state index in [9.17, 15) is 14.9 Å². The van der Waals surface area contributed by atoms with Crippen molar-refractivity contribution >= 4 is 38.9 Å². The minimum Gasteiger partial charge on any atom is -0.376 e. The van der Waals surface area contributed by atoms with E-state index in [0.717, 1.165) is 10.2 Å². The van der Waals surface area contributed by atoms with E-state index < -0.39 is 4.92 Å². The number of nitro groups is 1. The van der Waals surface area contributed by atoms with Gasteiger partial charge in [0.15, 0.2) is 0 Å². The summed E-state index contributed by atoms with van der Waals surface area (Å²) in [5.74, 6) is -0.317. The number of carbonyl (C=O) groups excluding carboxylic acids is 1. The minimum absolute atomic E-state index is 0.0229. The van der Waals surface area contributed by atoms with Gasteiger partial charge in [0.05, 0.1) is 17.2 Å². The lowest BCUT2D eigenvalue weighted by Crippen LogP contribution is -2.26. The molecular formula is C16H15BrN4O3. The lowest BCUT2D eigenvalue weighted by atomic mass is 10.1. The van der Waals surface area contributed by atoms with Crippen molar-refractivity contribution in [3.05, 3.63) is 68.7 Å². The monoisotopic (exact) mass is 390 g/mol. The third-order valence-corrected chi connectivity index (χ3v) is 3.65. The van der Waals surface area contributed by atoms with Gasteiger partial charge in [0.2, 0.25) is 0 Å². The first kappa shape index (κ1) is 17.6. The van der Waals surface area contributed by atoms with Crippen molar-refractivity contribution in [2.75, 3.05) is 11.9 Å². The van der Waals surface area contributed by atoms with Crippen LogP contribution in [0.5, 0.6) is 0 Å². The predicted molar refractivity (Wildman–Crippen MR) is 96.1 cm³/mol. The molecular weight excluding hydrogens is 376 g/mol. The van der Waals surface area contributed by atoms with Crippen molar-refractivity contribution in [1.82, 2.24) is 5.43 Å². The standard InChI is InChI=1S/C16H15BrN4O3/c1-11(12-3-2-4-15(9-12)21(23)24)19-20-16(22)10-18-14-7-5-13(17)6-8-14/h2-9,18H,10H2,1H3,(H,20,22)/b19-11-. The summed E-state index contributed by atoms with van der Waals surface area (Å²) >= 11 is 3.34. The van der Waals surface area contributed by atoms with Gasteiger partial charge in [-0.15, -0.1) is 0 Å². The molecule has 7 nitrogen and oxygen atoms in total. The van der Waals surface area contributed by atoms with Crippen LogP contribution in [0, 0.1) is 10.1 Å². The number of non-ortho nitro benzene ring substituents is 1. The number of benzene rings is 2. The van der Waals surface area contributed by atoms with Gasteiger partial charge in [-0.05, 0) is 31.2 Å². The van der Waals surface area contributed by atoms with Crippen LogP contribution in [0.25, 0.3) is 0 Å². The fraction of sp³-hybridized carbons (Fsp3) is 0.125. The van der Waals surface area contributed by atoms with E-state index in [1.165, 1.54) is 12.1 Å². The zero-order valence-corrected chi connectivity index (χ0v) is 14.4. The van der Waals surface area contributed by atoms with Gasteiger partial charge in [-0.3, -0.25) is 14.9 Å². The number of nitrogens with zero attached hydrogens (tertiary/aromatic N) is 2. The van der Waals surface area contributed by atoms with Crippen LogP contribution in [0.3, 0.4) is 0 Å². The second-order valence-electron chi connectivity index (χ2n) is 4.90. The third-order valence-electron chi connectivity index (χ3n) is 3.12. The molecule has 2 aromatic rings. The topological polar surface area (TPSA) is 96.6 Å². The van der Waals surface area contributed by atoms with Crippen LogP contribution in [0.1, 0.15) is 12.5 Å². The molecule has 0 saturated carbocycles. The minimum atomic E-state index is -0.475. The molecule has 124 valence electrons. The van der Waals surface area contributed by atoms with E-state index in [4.69, 9.17) is 0 Å². The van der Waals surface area contributed by atoms with Gasteiger partial charge in [-0.25, -0.2) is 5.43 Å². The van der Waals surface area contributed by atoms with Crippen molar-refractivity contribution in [3.8, 4) is 0 Å². The molecule has 0 atom stereocenters. The number of hydrogen-bond acceptors (Lipinski definition) is 5. The van der Waals surface area contributed by atoms with Gasteiger partial charge in [0.25, 0.3) is 11.6 Å². The number of nitrogens with one attached hydrogen (secondary N) is 2. The number of halogens is 1. The van der Waals surface area contributed by atoms with Gasteiger partial charge < -0.3 is 5.32 Å². The van der Waals surface area contributed by atoms with Crippen LogP contribution in [0.4, 0.5) is 11.4 Å². The number of hydrazone groups is 1. The first-order valence-corrected chi connectivity index (χ1v) is 7.82. The van der Waals surface area contributed by atoms with Crippen molar-refractivity contribution < 1.29 is 9.72 Å². The summed E-state index contributed by atoms with van der Waals surface area (Å²) in [5.41, 5.74) is 4.27. The molecule has 0 unspecified atom stereocenters. The Labute approximate surface area is 147 Å².